The van der Waals surface area contributed by atoms with E-state index in [1.165, 1.54) is 0 Å². The summed E-state index contributed by atoms with van der Waals surface area (Å²) >= 11 is 0. The minimum atomic E-state index is 0.289. The minimum Gasteiger partial charge on any atom is -0.365 e. The molecule has 0 bridgehead atoms. The normalized spacial score (nSPS) is 21.5. The highest BCUT2D eigenvalue weighted by molar-refractivity contribution is 5.85. The molecule has 3 N–H and O–H groups in total. The highest BCUT2D eigenvalue weighted by Gasteiger charge is 2.34. The lowest BCUT2D eigenvalue weighted by atomic mass is 9.88. The molecule has 170 valence electrons. The Balaban J connectivity index is 1.60. The molecule has 1 aliphatic rings. The molecule has 3 aromatic rings. The number of anilines is 3. The van der Waals surface area contributed by atoms with E-state index >= 15 is 0 Å². The van der Waals surface area contributed by atoms with Gasteiger partial charge in [0.1, 0.15) is 5.52 Å². The van der Waals surface area contributed by atoms with Crippen molar-refractivity contribution in [1.82, 2.24) is 34.6 Å². The number of fused-ring (bicyclic) bond motifs is 1. The van der Waals surface area contributed by atoms with Gasteiger partial charge in [0.15, 0.2) is 17.3 Å². The van der Waals surface area contributed by atoms with Gasteiger partial charge in [-0.05, 0) is 32.6 Å². The van der Waals surface area contributed by atoms with Crippen molar-refractivity contribution in [2.45, 2.75) is 71.0 Å². The Morgan fingerprint density at radius 3 is 2.59 bits per heavy atom. The largest absolute Gasteiger partial charge is 0.365 e. The van der Waals surface area contributed by atoms with Gasteiger partial charge in [0.25, 0.3) is 0 Å². The van der Waals surface area contributed by atoms with E-state index in [1.807, 2.05) is 24.6 Å². The van der Waals surface area contributed by atoms with Crippen LogP contribution in [-0.4, -0.2) is 59.3 Å². The molecule has 4 heterocycles. The third kappa shape index (κ3) is 4.53. The molecule has 10 nitrogen and oxygen atoms in total. The van der Waals surface area contributed by atoms with Crippen LogP contribution in [0.25, 0.3) is 11.2 Å². The van der Waals surface area contributed by atoms with Crippen molar-refractivity contribution in [3.8, 4) is 6.07 Å². The molecule has 0 spiro atoms. The number of hydrogen-bond acceptors (Lipinski definition) is 8. The highest BCUT2D eigenvalue weighted by atomic mass is 15.3. The van der Waals surface area contributed by atoms with Crippen molar-refractivity contribution in [3.63, 3.8) is 0 Å². The number of rotatable bonds is 8. The Hall–Kier alpha value is -3.19. The van der Waals surface area contributed by atoms with Crippen molar-refractivity contribution < 1.29 is 0 Å². The van der Waals surface area contributed by atoms with E-state index < -0.39 is 0 Å². The number of aromatic amines is 1. The van der Waals surface area contributed by atoms with Crippen LogP contribution in [0.5, 0.6) is 0 Å². The van der Waals surface area contributed by atoms with Crippen LogP contribution in [0.2, 0.25) is 0 Å². The van der Waals surface area contributed by atoms with Gasteiger partial charge in [-0.1, -0.05) is 13.8 Å². The number of likely N-dealkylation sites (tertiary alicyclic amines) is 1. The van der Waals surface area contributed by atoms with Crippen LogP contribution in [0.4, 0.5) is 17.6 Å². The maximum absolute atomic E-state index is 9.08. The number of hydrogen-bond donors (Lipinski definition) is 3. The van der Waals surface area contributed by atoms with E-state index in [2.05, 4.69) is 55.6 Å². The van der Waals surface area contributed by atoms with Gasteiger partial charge in [0.2, 0.25) is 5.95 Å². The molecular formula is C22H32N10. The highest BCUT2D eigenvalue weighted by Crippen LogP contribution is 2.31. The molecule has 4 rings (SSSR count). The van der Waals surface area contributed by atoms with Crippen LogP contribution in [0.15, 0.2) is 12.4 Å². The summed E-state index contributed by atoms with van der Waals surface area (Å²) in [5.74, 6) is 1.92. The first-order chi connectivity index (χ1) is 15.5. The summed E-state index contributed by atoms with van der Waals surface area (Å²) in [6.07, 6.45) is 6.51. The summed E-state index contributed by atoms with van der Waals surface area (Å²) in [5, 5.41) is 23.1. The van der Waals surface area contributed by atoms with Gasteiger partial charge >= 0.3 is 0 Å². The van der Waals surface area contributed by atoms with Crippen LogP contribution in [0.1, 0.15) is 51.6 Å². The first kappa shape index (κ1) is 22.0. The molecule has 0 aromatic carbocycles. The number of nitrogens with zero attached hydrogens (tertiary/aromatic N) is 7. The van der Waals surface area contributed by atoms with Gasteiger partial charge in [-0.2, -0.15) is 20.3 Å². The van der Waals surface area contributed by atoms with Crippen LogP contribution in [0.3, 0.4) is 0 Å². The number of nitrogens with one attached hydrogen (secondary N) is 3. The summed E-state index contributed by atoms with van der Waals surface area (Å²) in [6, 6.07) is 5.41. The fourth-order valence-electron chi connectivity index (χ4n) is 4.79. The number of aromatic nitrogens is 6. The Bertz CT molecular complexity index is 1080. The molecular weight excluding hydrogens is 404 g/mol. The minimum absolute atomic E-state index is 0.289. The monoisotopic (exact) mass is 436 g/mol. The summed E-state index contributed by atoms with van der Waals surface area (Å²) in [4.78, 5) is 16.4. The smallest absolute Gasteiger partial charge is 0.232 e. The Morgan fingerprint density at radius 1 is 1.22 bits per heavy atom. The first-order valence-electron chi connectivity index (χ1n) is 11.4. The van der Waals surface area contributed by atoms with Crippen LogP contribution >= 0.6 is 0 Å². The molecule has 1 fully saturated rings. The van der Waals surface area contributed by atoms with Crippen LogP contribution in [-0.2, 0) is 7.05 Å². The van der Waals surface area contributed by atoms with E-state index in [0.29, 0.717) is 35.9 Å². The molecule has 10 heteroatoms. The molecule has 32 heavy (non-hydrogen) atoms. The van der Waals surface area contributed by atoms with Crippen molar-refractivity contribution in [3.05, 3.63) is 18.1 Å². The van der Waals surface area contributed by atoms with E-state index in [1.54, 1.807) is 6.33 Å². The van der Waals surface area contributed by atoms with Gasteiger partial charge in [0, 0.05) is 49.9 Å². The fourth-order valence-corrected chi connectivity index (χ4v) is 4.79. The van der Waals surface area contributed by atoms with Crippen LogP contribution < -0.4 is 10.6 Å². The Morgan fingerprint density at radius 2 is 1.97 bits per heavy atom. The quantitative estimate of drug-likeness (QED) is 0.490. The number of imidazole rings is 1. The summed E-state index contributed by atoms with van der Waals surface area (Å²) in [5.41, 5.74) is 2.50. The maximum Gasteiger partial charge on any atom is 0.232 e. The maximum atomic E-state index is 9.08. The summed E-state index contributed by atoms with van der Waals surface area (Å²) in [6.45, 7) is 7.26. The van der Waals surface area contributed by atoms with Crippen LogP contribution in [0, 0.1) is 18.3 Å². The average Bonchev–Trinajstić information content (AvgIpc) is 3.37. The second-order valence-electron chi connectivity index (χ2n) is 8.57. The SMILES string of the molecule is CCC1CC(Nc2nc(Nc3cc(C)[nH]n3)nc3ncn(C)c23)CC(CC)N1CCC#N. The molecule has 3 aromatic heterocycles. The number of H-pyrrole nitrogens is 1. The zero-order valence-corrected chi connectivity index (χ0v) is 19.3. The molecule has 0 amide bonds. The zero-order chi connectivity index (χ0) is 22.7. The second-order valence-corrected chi connectivity index (χ2v) is 8.57. The third-order valence-electron chi connectivity index (χ3n) is 6.33. The molecule has 0 radical (unpaired) electrons. The number of aryl methyl sites for hydroxylation is 2. The third-order valence-corrected chi connectivity index (χ3v) is 6.33. The van der Waals surface area contributed by atoms with Gasteiger partial charge in [0.05, 0.1) is 12.4 Å². The Labute approximate surface area is 188 Å². The first-order valence-corrected chi connectivity index (χ1v) is 11.4. The van der Waals surface area contributed by atoms with E-state index in [0.717, 1.165) is 49.3 Å². The lowest BCUT2D eigenvalue weighted by Crippen LogP contribution is -2.52. The molecule has 0 aliphatic carbocycles. The molecule has 1 aliphatic heterocycles. The zero-order valence-electron chi connectivity index (χ0n) is 19.3. The predicted octanol–water partition coefficient (Wildman–Crippen LogP) is 3.49. The van der Waals surface area contributed by atoms with Crippen molar-refractivity contribution in [2.75, 3.05) is 17.2 Å². The van der Waals surface area contributed by atoms with E-state index in [-0.39, 0.29) is 6.04 Å². The van der Waals surface area contributed by atoms with Crippen molar-refractivity contribution in [2.24, 2.45) is 7.05 Å². The van der Waals surface area contributed by atoms with E-state index in [9.17, 15) is 0 Å². The van der Waals surface area contributed by atoms with Crippen molar-refractivity contribution >= 4 is 28.7 Å². The fraction of sp³-hybridized carbons (Fsp3) is 0.591. The summed E-state index contributed by atoms with van der Waals surface area (Å²) in [7, 11) is 1.96. The number of nitriles is 1. The topological polar surface area (TPSA) is 123 Å². The molecule has 2 unspecified atom stereocenters. The van der Waals surface area contributed by atoms with Gasteiger partial charge in [-0.25, -0.2) is 4.98 Å². The standard InChI is InChI=1S/C22H32N10/c1-5-16-11-15(12-17(6-2)32(16)9-7-8-23)25-21-19-20(24-13-31(19)4)27-22(28-21)26-18-10-14(3)29-30-18/h10,13,15-17H,5-7,9,11-12H2,1-4H3,(H3,25,26,27,28,29,30). The Kier molecular flexibility index (Phi) is 6.55. The lowest BCUT2D eigenvalue weighted by molar-refractivity contribution is 0.0735. The molecule has 1 saturated heterocycles. The average molecular weight is 437 g/mol. The van der Waals surface area contributed by atoms with Gasteiger partial charge in [-0.15, -0.1) is 0 Å². The lowest BCUT2D eigenvalue weighted by Gasteiger charge is -2.45. The predicted molar refractivity (Wildman–Crippen MR) is 125 cm³/mol. The van der Waals surface area contributed by atoms with Crippen molar-refractivity contribution in [1.29, 1.82) is 5.26 Å². The second kappa shape index (κ2) is 9.53. The van der Waals surface area contributed by atoms with Gasteiger partial charge < -0.3 is 15.2 Å². The van der Waals surface area contributed by atoms with Gasteiger partial charge in [-0.3, -0.25) is 10.00 Å². The summed E-state index contributed by atoms with van der Waals surface area (Å²) < 4.78 is 1.96. The van der Waals surface area contributed by atoms with E-state index in [4.69, 9.17) is 10.2 Å². The molecule has 2 atom stereocenters. The molecule has 0 saturated carbocycles. The number of piperidine rings is 1.